The van der Waals surface area contributed by atoms with Crippen LogP contribution in [0.2, 0.25) is 0 Å². The van der Waals surface area contributed by atoms with Crippen LogP contribution in [0, 0.1) is 0 Å². The molecule has 1 aliphatic rings. The molecule has 0 spiro atoms. The van der Waals surface area contributed by atoms with Crippen LogP contribution in [0.4, 0.5) is 5.82 Å². The predicted molar refractivity (Wildman–Crippen MR) is 96.5 cm³/mol. The number of anilines is 1. The second-order valence-corrected chi connectivity index (χ2v) is 6.92. The fourth-order valence-electron chi connectivity index (χ4n) is 2.86. The van der Waals surface area contributed by atoms with Crippen LogP contribution in [-0.2, 0) is 6.54 Å². The van der Waals surface area contributed by atoms with E-state index in [9.17, 15) is 4.79 Å². The Labute approximate surface area is 146 Å². The van der Waals surface area contributed by atoms with Gasteiger partial charge < -0.3 is 9.80 Å². The number of carbonyl (C=O) groups excluding carboxylic acids is 1. The monoisotopic (exact) mass is 345 g/mol. The van der Waals surface area contributed by atoms with E-state index in [-0.39, 0.29) is 5.91 Å². The number of nitrogens with zero attached hydrogens (tertiary/aromatic N) is 5. The normalized spacial score (nSPS) is 16.0. The first-order chi connectivity index (χ1) is 11.6. The van der Waals surface area contributed by atoms with E-state index in [1.807, 2.05) is 35.5 Å². The van der Waals surface area contributed by atoms with Crippen LogP contribution >= 0.6 is 11.3 Å². The highest BCUT2D eigenvalue weighted by Crippen LogP contribution is 2.15. The number of hydrogen-bond donors (Lipinski definition) is 0. The van der Waals surface area contributed by atoms with E-state index >= 15 is 0 Å². The molecule has 0 unspecified atom stereocenters. The lowest BCUT2D eigenvalue weighted by atomic mass is 10.2. The molecule has 0 N–H and O–H groups in total. The molecule has 3 rings (SSSR count). The van der Waals surface area contributed by atoms with Crippen molar-refractivity contribution in [1.82, 2.24) is 19.8 Å². The zero-order valence-electron chi connectivity index (χ0n) is 14.2. The predicted octanol–water partition coefficient (Wildman–Crippen LogP) is 1.95. The SMILES string of the molecule is CN(C)c1cc(C(=O)N2CCCN(Cc3cscn3)CC2)ccn1. The minimum absolute atomic E-state index is 0.0935. The third-order valence-electron chi connectivity index (χ3n) is 4.20. The van der Waals surface area contributed by atoms with Gasteiger partial charge in [0.05, 0.1) is 11.2 Å². The number of pyridine rings is 1. The Bertz CT molecular complexity index is 673. The summed E-state index contributed by atoms with van der Waals surface area (Å²) in [5.74, 6) is 0.900. The maximum atomic E-state index is 12.8. The molecule has 1 saturated heterocycles. The van der Waals surface area contributed by atoms with E-state index < -0.39 is 0 Å². The molecule has 2 aromatic heterocycles. The lowest BCUT2D eigenvalue weighted by molar-refractivity contribution is 0.0761. The molecule has 1 fully saturated rings. The number of rotatable bonds is 4. The maximum Gasteiger partial charge on any atom is 0.254 e. The molecule has 0 bridgehead atoms. The van der Waals surface area contributed by atoms with Gasteiger partial charge in [-0.05, 0) is 18.6 Å². The van der Waals surface area contributed by atoms with Gasteiger partial charge in [-0.3, -0.25) is 9.69 Å². The topological polar surface area (TPSA) is 52.6 Å². The number of amides is 1. The molecule has 1 amide bonds. The Morgan fingerprint density at radius 2 is 2.12 bits per heavy atom. The van der Waals surface area contributed by atoms with Crippen LogP contribution in [0.3, 0.4) is 0 Å². The first-order valence-electron chi connectivity index (χ1n) is 8.15. The lowest BCUT2D eigenvalue weighted by Gasteiger charge is -2.22. The molecule has 0 atom stereocenters. The molecule has 24 heavy (non-hydrogen) atoms. The lowest BCUT2D eigenvalue weighted by Crippen LogP contribution is -2.35. The molecule has 128 valence electrons. The van der Waals surface area contributed by atoms with Crippen LogP contribution in [0.5, 0.6) is 0 Å². The third kappa shape index (κ3) is 4.10. The van der Waals surface area contributed by atoms with Crippen LogP contribution in [0.15, 0.2) is 29.2 Å². The zero-order valence-corrected chi connectivity index (χ0v) is 15.0. The molecule has 2 aromatic rings. The molecular weight excluding hydrogens is 322 g/mol. The Hall–Kier alpha value is -1.99. The van der Waals surface area contributed by atoms with Crippen molar-refractivity contribution < 1.29 is 4.79 Å². The minimum Gasteiger partial charge on any atom is -0.363 e. The smallest absolute Gasteiger partial charge is 0.254 e. The highest BCUT2D eigenvalue weighted by molar-refractivity contribution is 7.07. The summed E-state index contributed by atoms with van der Waals surface area (Å²) in [4.78, 5) is 27.7. The second kappa shape index (κ2) is 7.72. The quantitative estimate of drug-likeness (QED) is 0.848. The summed E-state index contributed by atoms with van der Waals surface area (Å²) < 4.78 is 0. The van der Waals surface area contributed by atoms with Gasteiger partial charge >= 0.3 is 0 Å². The summed E-state index contributed by atoms with van der Waals surface area (Å²) in [6.07, 6.45) is 2.69. The molecule has 0 saturated carbocycles. The standard InChI is InChI=1S/C17H23N5OS/c1-20(2)16-10-14(4-5-18-16)17(23)22-7-3-6-21(8-9-22)11-15-12-24-13-19-15/h4-5,10,12-13H,3,6-9,11H2,1-2H3. The largest absolute Gasteiger partial charge is 0.363 e. The van der Waals surface area contributed by atoms with Crippen LogP contribution < -0.4 is 4.90 Å². The van der Waals surface area contributed by atoms with Gasteiger partial charge in [0.15, 0.2) is 0 Å². The van der Waals surface area contributed by atoms with E-state index in [1.165, 1.54) is 0 Å². The van der Waals surface area contributed by atoms with Gasteiger partial charge in [-0.1, -0.05) is 0 Å². The van der Waals surface area contributed by atoms with Crippen molar-refractivity contribution >= 4 is 23.1 Å². The van der Waals surface area contributed by atoms with Gasteiger partial charge in [-0.2, -0.15) is 0 Å². The summed E-state index contributed by atoms with van der Waals surface area (Å²) >= 11 is 1.63. The summed E-state index contributed by atoms with van der Waals surface area (Å²) in [5.41, 5.74) is 3.69. The Balaban J connectivity index is 1.63. The van der Waals surface area contributed by atoms with Crippen molar-refractivity contribution in [2.24, 2.45) is 0 Å². The van der Waals surface area contributed by atoms with Crippen molar-refractivity contribution in [2.75, 3.05) is 45.2 Å². The summed E-state index contributed by atoms with van der Waals surface area (Å²) in [5, 5.41) is 2.09. The van der Waals surface area contributed by atoms with Gasteiger partial charge in [0.2, 0.25) is 0 Å². The third-order valence-corrected chi connectivity index (χ3v) is 4.83. The molecule has 0 radical (unpaired) electrons. The molecule has 6 nitrogen and oxygen atoms in total. The van der Waals surface area contributed by atoms with Crippen molar-refractivity contribution in [1.29, 1.82) is 0 Å². The number of thiazole rings is 1. The molecular formula is C17H23N5OS. The van der Waals surface area contributed by atoms with E-state index in [0.29, 0.717) is 5.56 Å². The van der Waals surface area contributed by atoms with Crippen molar-refractivity contribution in [3.63, 3.8) is 0 Å². The summed E-state index contributed by atoms with van der Waals surface area (Å²) in [6, 6.07) is 3.66. The average Bonchev–Trinajstić information content (AvgIpc) is 2.99. The summed E-state index contributed by atoms with van der Waals surface area (Å²) in [6.45, 7) is 4.30. The Morgan fingerprint density at radius 1 is 1.25 bits per heavy atom. The highest BCUT2D eigenvalue weighted by atomic mass is 32.1. The first kappa shape index (κ1) is 16.9. The van der Waals surface area contributed by atoms with Gasteiger partial charge in [0.1, 0.15) is 5.82 Å². The van der Waals surface area contributed by atoms with Crippen LogP contribution in [0.25, 0.3) is 0 Å². The van der Waals surface area contributed by atoms with Crippen LogP contribution in [-0.4, -0.2) is 65.9 Å². The minimum atomic E-state index is 0.0935. The average molecular weight is 345 g/mol. The van der Waals surface area contributed by atoms with Gasteiger partial charge in [-0.15, -0.1) is 11.3 Å². The molecule has 3 heterocycles. The van der Waals surface area contributed by atoms with Crippen molar-refractivity contribution in [3.05, 3.63) is 40.5 Å². The van der Waals surface area contributed by atoms with Gasteiger partial charge in [0, 0.05) is 64.0 Å². The van der Waals surface area contributed by atoms with E-state index in [4.69, 9.17) is 0 Å². The second-order valence-electron chi connectivity index (χ2n) is 6.20. The Morgan fingerprint density at radius 3 is 2.88 bits per heavy atom. The molecule has 1 aliphatic heterocycles. The fraction of sp³-hybridized carbons (Fsp3) is 0.471. The number of aromatic nitrogens is 2. The highest BCUT2D eigenvalue weighted by Gasteiger charge is 2.21. The summed E-state index contributed by atoms with van der Waals surface area (Å²) in [7, 11) is 3.86. The van der Waals surface area contributed by atoms with E-state index in [2.05, 4.69) is 20.2 Å². The molecule has 0 aliphatic carbocycles. The van der Waals surface area contributed by atoms with E-state index in [1.54, 1.807) is 23.6 Å². The van der Waals surface area contributed by atoms with Gasteiger partial charge in [-0.25, -0.2) is 9.97 Å². The van der Waals surface area contributed by atoms with Gasteiger partial charge in [0.25, 0.3) is 5.91 Å². The fourth-order valence-corrected chi connectivity index (χ4v) is 3.40. The van der Waals surface area contributed by atoms with Crippen molar-refractivity contribution in [3.8, 4) is 0 Å². The molecule has 7 heteroatoms. The zero-order chi connectivity index (χ0) is 16.9. The molecule has 0 aromatic carbocycles. The van der Waals surface area contributed by atoms with Crippen molar-refractivity contribution in [2.45, 2.75) is 13.0 Å². The number of carbonyl (C=O) groups is 1. The number of hydrogen-bond acceptors (Lipinski definition) is 6. The van der Waals surface area contributed by atoms with Crippen LogP contribution in [0.1, 0.15) is 22.5 Å². The maximum absolute atomic E-state index is 12.8. The Kier molecular flexibility index (Phi) is 5.42. The van der Waals surface area contributed by atoms with E-state index in [0.717, 1.165) is 50.7 Å². The first-order valence-corrected chi connectivity index (χ1v) is 9.10.